The van der Waals surface area contributed by atoms with Crippen LogP contribution in [0.3, 0.4) is 0 Å². The van der Waals surface area contributed by atoms with Crippen molar-refractivity contribution < 1.29 is 14.3 Å². The van der Waals surface area contributed by atoms with Crippen LogP contribution in [0.5, 0.6) is 11.5 Å². The summed E-state index contributed by atoms with van der Waals surface area (Å²) in [5.74, 6) is 1.22. The lowest BCUT2D eigenvalue weighted by atomic mass is 10.2. The molecule has 0 saturated carbocycles. The number of hydrogen-bond acceptors (Lipinski definition) is 5. The van der Waals surface area contributed by atoms with Crippen molar-refractivity contribution in [2.45, 2.75) is 13.3 Å². The molecule has 0 aliphatic rings. The molecule has 0 aliphatic heterocycles. The van der Waals surface area contributed by atoms with Gasteiger partial charge in [-0.15, -0.1) is 0 Å². The summed E-state index contributed by atoms with van der Waals surface area (Å²) in [6.07, 6.45) is 0.874. The zero-order valence-electron chi connectivity index (χ0n) is 16.6. The smallest absolute Gasteiger partial charge is 0.272 e. The average Bonchev–Trinajstić information content (AvgIpc) is 2.76. The Labute approximate surface area is 170 Å². The molecule has 3 aromatic rings. The summed E-state index contributed by atoms with van der Waals surface area (Å²) < 4.78 is 11.0. The van der Waals surface area contributed by atoms with Gasteiger partial charge in [0, 0.05) is 25.6 Å². The highest BCUT2D eigenvalue weighted by atomic mass is 16.5. The van der Waals surface area contributed by atoms with Crippen molar-refractivity contribution in [1.29, 1.82) is 5.26 Å². The number of fused-ring (bicyclic) bond motifs is 1. The molecule has 3 rings (SSSR count). The zero-order chi connectivity index (χ0) is 20.6. The first-order valence-corrected chi connectivity index (χ1v) is 9.51. The van der Waals surface area contributed by atoms with Gasteiger partial charge >= 0.3 is 0 Å². The van der Waals surface area contributed by atoms with Gasteiger partial charge in [0.2, 0.25) is 0 Å². The number of ether oxygens (including phenoxy) is 2. The molecule has 1 heterocycles. The third-order valence-electron chi connectivity index (χ3n) is 4.44. The van der Waals surface area contributed by atoms with Crippen LogP contribution in [0.25, 0.3) is 10.9 Å². The first-order valence-electron chi connectivity index (χ1n) is 9.51. The van der Waals surface area contributed by atoms with Crippen LogP contribution in [0.15, 0.2) is 54.6 Å². The van der Waals surface area contributed by atoms with E-state index in [1.165, 1.54) is 0 Å². The van der Waals surface area contributed by atoms with Crippen LogP contribution in [-0.4, -0.2) is 42.6 Å². The van der Waals surface area contributed by atoms with E-state index >= 15 is 0 Å². The lowest BCUT2D eigenvalue weighted by Crippen LogP contribution is -2.35. The topological polar surface area (TPSA) is 75.4 Å². The van der Waals surface area contributed by atoms with Crippen LogP contribution in [0, 0.1) is 11.3 Å². The number of methoxy groups -OCH3 is 1. The molecule has 0 bridgehead atoms. The Morgan fingerprint density at radius 1 is 1.07 bits per heavy atom. The Kier molecular flexibility index (Phi) is 6.77. The van der Waals surface area contributed by atoms with Gasteiger partial charge in [-0.1, -0.05) is 13.0 Å². The van der Waals surface area contributed by atoms with Crippen molar-refractivity contribution in [2.24, 2.45) is 0 Å². The quantitative estimate of drug-likeness (QED) is 0.571. The van der Waals surface area contributed by atoms with E-state index in [-0.39, 0.29) is 5.91 Å². The van der Waals surface area contributed by atoms with Crippen molar-refractivity contribution in [2.75, 3.05) is 26.8 Å². The highest BCUT2D eigenvalue weighted by molar-refractivity contribution is 5.95. The third-order valence-corrected chi connectivity index (χ3v) is 4.44. The predicted molar refractivity (Wildman–Crippen MR) is 111 cm³/mol. The second-order valence-corrected chi connectivity index (χ2v) is 6.57. The van der Waals surface area contributed by atoms with Crippen LogP contribution in [-0.2, 0) is 4.74 Å². The number of nitrogens with zero attached hydrogens (tertiary/aromatic N) is 3. The predicted octanol–water partition coefficient (Wildman–Crippen LogP) is 4.40. The van der Waals surface area contributed by atoms with Gasteiger partial charge in [0.05, 0.1) is 23.8 Å². The molecule has 0 radical (unpaired) electrons. The second kappa shape index (κ2) is 9.67. The number of hydrogen-bond donors (Lipinski definition) is 0. The van der Waals surface area contributed by atoms with E-state index in [4.69, 9.17) is 14.7 Å². The maximum absolute atomic E-state index is 12.8. The van der Waals surface area contributed by atoms with E-state index < -0.39 is 0 Å². The molecule has 0 unspecified atom stereocenters. The van der Waals surface area contributed by atoms with Crippen molar-refractivity contribution >= 4 is 16.8 Å². The Bertz CT molecular complexity index is 1030. The molecule has 29 heavy (non-hydrogen) atoms. The Morgan fingerprint density at radius 3 is 2.52 bits per heavy atom. The first kappa shape index (κ1) is 20.3. The molecule has 0 atom stereocenters. The van der Waals surface area contributed by atoms with Crippen LogP contribution < -0.4 is 4.74 Å². The molecule has 0 spiro atoms. The SMILES string of the molecule is CCCN(CCOC)C(=O)c1ccc2cc(Oc3ccc(C#N)cc3)ccc2n1. The van der Waals surface area contributed by atoms with E-state index in [0.29, 0.717) is 42.5 Å². The number of rotatable bonds is 8. The Morgan fingerprint density at radius 2 is 1.83 bits per heavy atom. The molecule has 0 saturated heterocycles. The number of pyridine rings is 1. The van der Waals surface area contributed by atoms with Gasteiger partial charge in [0.1, 0.15) is 17.2 Å². The van der Waals surface area contributed by atoms with Crippen molar-refractivity contribution in [3.8, 4) is 17.6 Å². The maximum atomic E-state index is 12.8. The Hall–Kier alpha value is -3.43. The van der Waals surface area contributed by atoms with E-state index in [1.54, 1.807) is 42.3 Å². The summed E-state index contributed by atoms with van der Waals surface area (Å²) in [5, 5.41) is 9.75. The highest BCUT2D eigenvalue weighted by Gasteiger charge is 2.16. The summed E-state index contributed by atoms with van der Waals surface area (Å²) in [6.45, 7) is 3.74. The molecular formula is C23H23N3O3. The standard InChI is InChI=1S/C23H23N3O3/c1-3-12-26(13-14-28-2)23(27)22-10-6-18-15-20(9-11-21(18)25-22)29-19-7-4-17(16-24)5-8-19/h4-11,15H,3,12-14H2,1-2H3. The number of amides is 1. The summed E-state index contributed by atoms with van der Waals surface area (Å²) >= 11 is 0. The van der Waals surface area contributed by atoms with Crippen LogP contribution in [0.2, 0.25) is 0 Å². The largest absolute Gasteiger partial charge is 0.457 e. The summed E-state index contributed by atoms with van der Waals surface area (Å²) in [7, 11) is 1.63. The van der Waals surface area contributed by atoms with Gasteiger partial charge in [-0.05, 0) is 55.0 Å². The number of nitriles is 1. The van der Waals surface area contributed by atoms with E-state index in [2.05, 4.69) is 11.1 Å². The summed E-state index contributed by atoms with van der Waals surface area (Å²) in [6, 6.07) is 18.2. The van der Waals surface area contributed by atoms with Crippen LogP contribution >= 0.6 is 0 Å². The third kappa shape index (κ3) is 5.09. The fourth-order valence-electron chi connectivity index (χ4n) is 2.97. The van der Waals surface area contributed by atoms with Crippen molar-refractivity contribution in [3.05, 3.63) is 65.9 Å². The minimum absolute atomic E-state index is 0.0938. The number of benzene rings is 2. The summed E-state index contributed by atoms with van der Waals surface area (Å²) in [5.41, 5.74) is 1.73. The van der Waals surface area contributed by atoms with Crippen molar-refractivity contribution in [1.82, 2.24) is 9.88 Å². The molecular weight excluding hydrogens is 366 g/mol. The van der Waals surface area contributed by atoms with Gasteiger partial charge < -0.3 is 14.4 Å². The van der Waals surface area contributed by atoms with Gasteiger partial charge in [-0.25, -0.2) is 4.98 Å². The van der Waals surface area contributed by atoms with Crippen molar-refractivity contribution in [3.63, 3.8) is 0 Å². The highest BCUT2D eigenvalue weighted by Crippen LogP contribution is 2.25. The summed E-state index contributed by atoms with van der Waals surface area (Å²) in [4.78, 5) is 19.1. The van der Waals surface area contributed by atoms with E-state index in [1.807, 2.05) is 31.2 Å². The monoisotopic (exact) mass is 389 g/mol. The fourth-order valence-corrected chi connectivity index (χ4v) is 2.97. The molecule has 0 N–H and O–H groups in total. The molecule has 2 aromatic carbocycles. The fraction of sp³-hybridized carbons (Fsp3) is 0.261. The lowest BCUT2D eigenvalue weighted by Gasteiger charge is -2.21. The number of carbonyl (C=O) groups is 1. The molecule has 1 amide bonds. The van der Waals surface area contributed by atoms with Crippen LogP contribution in [0.4, 0.5) is 0 Å². The van der Waals surface area contributed by atoms with E-state index in [0.717, 1.165) is 17.3 Å². The average molecular weight is 389 g/mol. The molecule has 6 nitrogen and oxygen atoms in total. The lowest BCUT2D eigenvalue weighted by molar-refractivity contribution is 0.0690. The van der Waals surface area contributed by atoms with Gasteiger partial charge in [-0.3, -0.25) is 4.79 Å². The van der Waals surface area contributed by atoms with Crippen LogP contribution in [0.1, 0.15) is 29.4 Å². The zero-order valence-corrected chi connectivity index (χ0v) is 16.6. The van der Waals surface area contributed by atoms with Gasteiger partial charge in [0.25, 0.3) is 5.91 Å². The normalized spacial score (nSPS) is 10.5. The van der Waals surface area contributed by atoms with Gasteiger partial charge in [0.15, 0.2) is 0 Å². The van der Waals surface area contributed by atoms with E-state index in [9.17, 15) is 4.79 Å². The van der Waals surface area contributed by atoms with Gasteiger partial charge in [-0.2, -0.15) is 5.26 Å². The second-order valence-electron chi connectivity index (χ2n) is 6.57. The molecule has 6 heteroatoms. The molecule has 0 fully saturated rings. The number of aromatic nitrogens is 1. The maximum Gasteiger partial charge on any atom is 0.272 e. The molecule has 148 valence electrons. The molecule has 0 aliphatic carbocycles. The number of carbonyl (C=O) groups excluding carboxylic acids is 1. The minimum atomic E-state index is -0.0938. The molecule has 1 aromatic heterocycles. The Balaban J connectivity index is 1.79. The first-order chi connectivity index (χ1) is 14.1. The minimum Gasteiger partial charge on any atom is -0.457 e.